The number of amides is 2. The molecule has 0 radical (unpaired) electrons. The molecule has 2 amide bonds. The molecule has 2 aromatic heterocycles. The smallest absolute Gasteiger partial charge is 0.229 e. The second-order valence-electron chi connectivity index (χ2n) is 7.83. The fraction of sp³-hybridized carbons (Fsp3) is 0.500. The van der Waals surface area contributed by atoms with Gasteiger partial charge in [0.1, 0.15) is 0 Å². The van der Waals surface area contributed by atoms with Gasteiger partial charge >= 0.3 is 0 Å². The molecule has 27 heavy (non-hydrogen) atoms. The zero-order chi connectivity index (χ0) is 18.5. The van der Waals surface area contributed by atoms with Gasteiger partial charge in [0.2, 0.25) is 11.8 Å². The van der Waals surface area contributed by atoms with Crippen LogP contribution in [0.25, 0.3) is 0 Å². The van der Waals surface area contributed by atoms with Gasteiger partial charge in [-0.3, -0.25) is 14.6 Å². The summed E-state index contributed by atoms with van der Waals surface area (Å²) in [5, 5.41) is 0. The van der Waals surface area contributed by atoms with Crippen molar-refractivity contribution in [2.75, 3.05) is 13.6 Å². The molecule has 0 spiro atoms. The summed E-state index contributed by atoms with van der Waals surface area (Å²) in [5.41, 5.74) is 3.21. The van der Waals surface area contributed by atoms with Crippen LogP contribution in [0.1, 0.15) is 48.3 Å². The van der Waals surface area contributed by atoms with Crippen LogP contribution in [-0.4, -0.2) is 49.7 Å². The lowest BCUT2D eigenvalue weighted by Crippen LogP contribution is -2.41. The molecule has 140 valence electrons. The van der Waals surface area contributed by atoms with E-state index < -0.39 is 0 Å². The van der Waals surface area contributed by atoms with Crippen molar-refractivity contribution in [2.24, 2.45) is 5.92 Å². The Morgan fingerprint density at radius 3 is 2.89 bits per heavy atom. The van der Waals surface area contributed by atoms with Crippen LogP contribution in [0.2, 0.25) is 0 Å². The van der Waals surface area contributed by atoms with Gasteiger partial charge in [0.15, 0.2) is 0 Å². The minimum atomic E-state index is -0.362. The Morgan fingerprint density at radius 2 is 2.15 bits per heavy atom. The lowest BCUT2D eigenvalue weighted by Gasteiger charge is -2.32. The van der Waals surface area contributed by atoms with E-state index in [1.807, 2.05) is 23.4 Å². The molecule has 2 aromatic rings. The fourth-order valence-corrected chi connectivity index (χ4v) is 4.52. The maximum Gasteiger partial charge on any atom is 0.229 e. The van der Waals surface area contributed by atoms with E-state index in [1.54, 1.807) is 24.3 Å². The second-order valence-corrected chi connectivity index (χ2v) is 7.83. The Balaban J connectivity index is 1.39. The van der Waals surface area contributed by atoms with Gasteiger partial charge in [-0.15, -0.1) is 0 Å². The first-order valence-corrected chi connectivity index (χ1v) is 9.62. The monoisotopic (exact) mass is 365 g/mol. The predicted octanol–water partition coefficient (Wildman–Crippen LogP) is 1.72. The normalized spacial score (nSPS) is 25.0. The van der Waals surface area contributed by atoms with Crippen molar-refractivity contribution in [1.29, 1.82) is 0 Å². The third-order valence-corrected chi connectivity index (χ3v) is 6.12. The standard InChI is InChI=1S/C20H23N5O2/c1-23-18(26)9-15(19(23)13-3-2-7-21-10-13)20(27)24-8-6-17-16(11-24)22-12-25(17)14-4-5-14/h2-3,7,10,12,14-15,19H,4-6,8-9,11H2,1H3/t15-,19+/m0/s1. The van der Waals surface area contributed by atoms with E-state index in [4.69, 9.17) is 0 Å². The van der Waals surface area contributed by atoms with Crippen LogP contribution in [0, 0.1) is 5.92 Å². The highest BCUT2D eigenvalue weighted by Crippen LogP contribution is 2.40. The van der Waals surface area contributed by atoms with Gasteiger partial charge in [0, 0.05) is 50.6 Å². The van der Waals surface area contributed by atoms with Gasteiger partial charge in [-0.1, -0.05) is 6.07 Å². The van der Waals surface area contributed by atoms with Gasteiger partial charge in [-0.05, 0) is 24.5 Å². The summed E-state index contributed by atoms with van der Waals surface area (Å²) in [6.07, 6.45) is 8.96. The molecular weight excluding hydrogens is 342 g/mol. The average molecular weight is 365 g/mol. The Morgan fingerprint density at radius 1 is 1.30 bits per heavy atom. The van der Waals surface area contributed by atoms with Crippen LogP contribution in [0.4, 0.5) is 0 Å². The number of aromatic nitrogens is 3. The summed E-state index contributed by atoms with van der Waals surface area (Å²) in [6, 6.07) is 4.16. The first kappa shape index (κ1) is 16.5. The van der Waals surface area contributed by atoms with Crippen LogP contribution in [0.3, 0.4) is 0 Å². The highest BCUT2D eigenvalue weighted by molar-refractivity contribution is 5.90. The van der Waals surface area contributed by atoms with Crippen LogP contribution >= 0.6 is 0 Å². The maximum absolute atomic E-state index is 13.3. The summed E-state index contributed by atoms with van der Waals surface area (Å²) in [7, 11) is 1.78. The number of carbonyl (C=O) groups is 2. The zero-order valence-electron chi connectivity index (χ0n) is 15.4. The number of carbonyl (C=O) groups excluding carboxylic acids is 2. The number of fused-ring (bicyclic) bond motifs is 1. The molecule has 1 saturated carbocycles. The Labute approximate surface area is 158 Å². The van der Waals surface area contributed by atoms with E-state index in [1.165, 1.54) is 18.5 Å². The number of pyridine rings is 1. The zero-order valence-corrected chi connectivity index (χ0v) is 15.4. The minimum absolute atomic E-state index is 0.0120. The lowest BCUT2D eigenvalue weighted by molar-refractivity contribution is -0.137. The van der Waals surface area contributed by atoms with E-state index in [-0.39, 0.29) is 30.2 Å². The second kappa shape index (κ2) is 6.18. The first-order valence-electron chi connectivity index (χ1n) is 9.62. The summed E-state index contributed by atoms with van der Waals surface area (Å²) in [5.74, 6) is -0.301. The number of likely N-dealkylation sites (tertiary alicyclic amines) is 1. The molecule has 0 bridgehead atoms. The molecule has 1 saturated heterocycles. The first-order chi connectivity index (χ1) is 13.1. The maximum atomic E-state index is 13.3. The van der Waals surface area contributed by atoms with Gasteiger partial charge in [0.25, 0.3) is 0 Å². The quantitative estimate of drug-likeness (QED) is 0.830. The number of hydrogen-bond acceptors (Lipinski definition) is 4. The van der Waals surface area contributed by atoms with Crippen LogP contribution in [0.15, 0.2) is 30.9 Å². The largest absolute Gasteiger partial charge is 0.338 e. The Hall–Kier alpha value is -2.70. The number of hydrogen-bond donors (Lipinski definition) is 0. The molecule has 5 rings (SSSR count). The van der Waals surface area contributed by atoms with E-state index in [9.17, 15) is 9.59 Å². The van der Waals surface area contributed by atoms with Crippen molar-refractivity contribution in [1.82, 2.24) is 24.3 Å². The summed E-state index contributed by atoms with van der Waals surface area (Å²) in [6.45, 7) is 1.24. The van der Waals surface area contributed by atoms with Gasteiger partial charge in [-0.25, -0.2) is 4.98 Å². The molecule has 2 aliphatic heterocycles. The lowest BCUT2D eigenvalue weighted by atomic mass is 9.92. The van der Waals surface area contributed by atoms with Crippen molar-refractivity contribution >= 4 is 11.8 Å². The predicted molar refractivity (Wildman–Crippen MR) is 97.5 cm³/mol. The average Bonchev–Trinajstić information content (AvgIpc) is 3.38. The third kappa shape index (κ3) is 2.72. The van der Waals surface area contributed by atoms with Crippen LogP contribution in [-0.2, 0) is 22.6 Å². The van der Waals surface area contributed by atoms with Crippen molar-refractivity contribution in [2.45, 2.75) is 44.3 Å². The van der Waals surface area contributed by atoms with E-state index in [0.29, 0.717) is 19.1 Å². The number of nitrogens with zero attached hydrogens (tertiary/aromatic N) is 5. The molecular formula is C20H23N5O2. The molecule has 0 aromatic carbocycles. The highest BCUT2D eigenvalue weighted by Gasteiger charge is 2.45. The number of rotatable bonds is 3. The van der Waals surface area contributed by atoms with Crippen molar-refractivity contribution in [3.8, 4) is 0 Å². The summed E-state index contributed by atoms with van der Waals surface area (Å²) >= 11 is 0. The summed E-state index contributed by atoms with van der Waals surface area (Å²) in [4.78, 5) is 38.0. The molecule has 3 aliphatic rings. The van der Waals surface area contributed by atoms with Gasteiger partial charge in [0.05, 0.1) is 30.5 Å². The number of imidazole rings is 1. The molecule has 0 unspecified atom stereocenters. The SMILES string of the molecule is CN1C(=O)C[C@H](C(=O)N2CCc3c(ncn3C3CC3)C2)[C@H]1c1cccnc1. The molecule has 2 fully saturated rings. The fourth-order valence-electron chi connectivity index (χ4n) is 4.52. The summed E-state index contributed by atoms with van der Waals surface area (Å²) < 4.78 is 2.29. The van der Waals surface area contributed by atoms with Gasteiger partial charge in [-0.2, -0.15) is 0 Å². The molecule has 7 nitrogen and oxygen atoms in total. The van der Waals surface area contributed by atoms with E-state index in [2.05, 4.69) is 14.5 Å². The molecule has 2 atom stereocenters. The Bertz CT molecular complexity index is 889. The van der Waals surface area contributed by atoms with Crippen LogP contribution < -0.4 is 0 Å². The third-order valence-electron chi connectivity index (χ3n) is 6.12. The Kier molecular flexibility index (Phi) is 3.77. The van der Waals surface area contributed by atoms with E-state index in [0.717, 1.165) is 17.7 Å². The molecule has 4 heterocycles. The highest BCUT2D eigenvalue weighted by atomic mass is 16.2. The van der Waals surface area contributed by atoms with E-state index >= 15 is 0 Å². The van der Waals surface area contributed by atoms with Crippen molar-refractivity contribution in [3.05, 3.63) is 47.8 Å². The van der Waals surface area contributed by atoms with Gasteiger partial charge < -0.3 is 14.4 Å². The minimum Gasteiger partial charge on any atom is -0.338 e. The van der Waals surface area contributed by atoms with Crippen molar-refractivity contribution in [3.63, 3.8) is 0 Å². The molecule has 1 aliphatic carbocycles. The molecule has 7 heteroatoms. The topological polar surface area (TPSA) is 71.3 Å². The molecule has 0 N–H and O–H groups in total. The van der Waals surface area contributed by atoms with Crippen LogP contribution in [0.5, 0.6) is 0 Å². The van der Waals surface area contributed by atoms with Crippen molar-refractivity contribution < 1.29 is 9.59 Å².